The number of non-ortho nitro benzene ring substituents is 1. The topological polar surface area (TPSA) is 97.8 Å². The van der Waals surface area contributed by atoms with Crippen molar-refractivity contribution >= 4 is 22.4 Å². The monoisotopic (exact) mass is 290 g/mol. The molecule has 8 heteroatoms. The third-order valence-electron chi connectivity index (χ3n) is 3.05. The molecule has 0 aliphatic carbocycles. The Morgan fingerprint density at radius 1 is 1.24 bits per heavy atom. The minimum atomic E-state index is -1.06. The number of nitrogens with two attached hydrogens (primary N) is 1. The third kappa shape index (κ3) is 2.06. The van der Waals surface area contributed by atoms with Crippen LogP contribution in [0.4, 0.5) is 20.2 Å². The standard InChI is InChI=1S/C13H8F2N4O2/c14-8-3-4-10-12(11(8)15)18-13(17-10)7-2-1-6(19(20)21)5-9(7)16/h1-5H,16H2,(H,17,18). The number of nitrogen functional groups attached to an aromatic ring is 1. The molecule has 0 aliphatic rings. The van der Waals surface area contributed by atoms with E-state index in [0.717, 1.165) is 6.07 Å². The summed E-state index contributed by atoms with van der Waals surface area (Å²) in [5.74, 6) is -1.85. The molecule has 21 heavy (non-hydrogen) atoms. The molecule has 0 fully saturated rings. The van der Waals surface area contributed by atoms with Crippen molar-refractivity contribution < 1.29 is 13.7 Å². The van der Waals surface area contributed by atoms with Gasteiger partial charge in [0.05, 0.1) is 10.4 Å². The fourth-order valence-corrected chi connectivity index (χ4v) is 2.02. The summed E-state index contributed by atoms with van der Waals surface area (Å²) >= 11 is 0. The van der Waals surface area contributed by atoms with E-state index in [4.69, 9.17) is 5.73 Å². The summed E-state index contributed by atoms with van der Waals surface area (Å²) in [6, 6.07) is 6.18. The van der Waals surface area contributed by atoms with Crippen molar-refractivity contribution in [2.24, 2.45) is 0 Å². The number of aromatic nitrogens is 2. The van der Waals surface area contributed by atoms with Crippen molar-refractivity contribution in [1.29, 1.82) is 0 Å². The number of nitro groups is 1. The molecule has 0 amide bonds. The van der Waals surface area contributed by atoms with Crippen LogP contribution < -0.4 is 5.73 Å². The highest BCUT2D eigenvalue weighted by molar-refractivity contribution is 5.83. The second kappa shape index (κ2) is 4.51. The van der Waals surface area contributed by atoms with E-state index >= 15 is 0 Å². The van der Waals surface area contributed by atoms with Gasteiger partial charge < -0.3 is 10.7 Å². The molecule has 6 nitrogen and oxygen atoms in total. The number of benzene rings is 2. The molecule has 0 spiro atoms. The van der Waals surface area contributed by atoms with Gasteiger partial charge in [0.15, 0.2) is 11.6 Å². The van der Waals surface area contributed by atoms with E-state index < -0.39 is 16.6 Å². The second-order valence-electron chi connectivity index (χ2n) is 4.37. The molecule has 2 aromatic carbocycles. The fourth-order valence-electron chi connectivity index (χ4n) is 2.02. The first-order chi connectivity index (χ1) is 9.97. The highest BCUT2D eigenvalue weighted by Crippen LogP contribution is 2.29. The lowest BCUT2D eigenvalue weighted by Crippen LogP contribution is -1.94. The van der Waals surface area contributed by atoms with Gasteiger partial charge in [-0.1, -0.05) is 0 Å². The molecule has 0 aliphatic heterocycles. The van der Waals surface area contributed by atoms with Crippen molar-refractivity contribution in [3.8, 4) is 11.4 Å². The number of nitrogens with one attached hydrogen (secondary N) is 1. The van der Waals surface area contributed by atoms with Gasteiger partial charge in [-0.15, -0.1) is 0 Å². The maximum atomic E-state index is 13.6. The van der Waals surface area contributed by atoms with E-state index in [1.54, 1.807) is 0 Å². The van der Waals surface area contributed by atoms with E-state index in [-0.39, 0.29) is 22.7 Å². The lowest BCUT2D eigenvalue weighted by atomic mass is 10.1. The van der Waals surface area contributed by atoms with Crippen LogP contribution >= 0.6 is 0 Å². The third-order valence-corrected chi connectivity index (χ3v) is 3.05. The highest BCUT2D eigenvalue weighted by Gasteiger charge is 2.16. The number of H-pyrrole nitrogens is 1. The first-order valence-electron chi connectivity index (χ1n) is 5.85. The van der Waals surface area contributed by atoms with Crippen LogP contribution in [0.2, 0.25) is 0 Å². The van der Waals surface area contributed by atoms with Crippen LogP contribution in [0.5, 0.6) is 0 Å². The van der Waals surface area contributed by atoms with Gasteiger partial charge in [-0.2, -0.15) is 0 Å². The predicted molar refractivity (Wildman–Crippen MR) is 72.5 cm³/mol. The van der Waals surface area contributed by atoms with Crippen LogP contribution in [0.1, 0.15) is 0 Å². The van der Waals surface area contributed by atoms with Crippen LogP contribution in [-0.2, 0) is 0 Å². The molecule has 3 rings (SSSR count). The van der Waals surface area contributed by atoms with E-state index in [1.165, 1.54) is 24.3 Å². The summed E-state index contributed by atoms with van der Waals surface area (Å²) in [7, 11) is 0. The molecule has 106 valence electrons. The zero-order valence-electron chi connectivity index (χ0n) is 10.4. The Balaban J connectivity index is 2.17. The quantitative estimate of drug-likeness (QED) is 0.430. The molecule has 1 aromatic heterocycles. The summed E-state index contributed by atoms with van der Waals surface area (Å²) in [6.45, 7) is 0. The number of halogens is 2. The van der Waals surface area contributed by atoms with Crippen LogP contribution in [0.15, 0.2) is 30.3 Å². The summed E-state index contributed by atoms with van der Waals surface area (Å²) in [5.41, 5.74) is 6.23. The normalized spacial score (nSPS) is 11.0. The number of anilines is 1. The molecule has 3 aromatic rings. The van der Waals surface area contributed by atoms with Crippen LogP contribution in [-0.4, -0.2) is 14.9 Å². The summed E-state index contributed by atoms with van der Waals surface area (Å²) < 4.78 is 26.8. The second-order valence-corrected chi connectivity index (χ2v) is 4.37. The smallest absolute Gasteiger partial charge is 0.271 e. The van der Waals surface area contributed by atoms with Crippen LogP contribution in [0.25, 0.3) is 22.4 Å². The Bertz CT molecular complexity index is 876. The molecule has 0 saturated heterocycles. The highest BCUT2D eigenvalue weighted by atomic mass is 19.2. The Kier molecular flexibility index (Phi) is 2.79. The van der Waals surface area contributed by atoms with Crippen molar-refractivity contribution in [2.45, 2.75) is 0 Å². The van der Waals surface area contributed by atoms with Crippen molar-refractivity contribution in [3.63, 3.8) is 0 Å². The van der Waals surface area contributed by atoms with Gasteiger partial charge in [-0.3, -0.25) is 10.1 Å². The number of rotatable bonds is 2. The fraction of sp³-hybridized carbons (Fsp3) is 0. The number of imidazole rings is 1. The van der Waals surface area contributed by atoms with Crippen molar-refractivity contribution in [3.05, 3.63) is 52.1 Å². The van der Waals surface area contributed by atoms with E-state index in [2.05, 4.69) is 9.97 Å². The van der Waals surface area contributed by atoms with E-state index in [1.807, 2.05) is 0 Å². The molecule has 0 saturated carbocycles. The van der Waals surface area contributed by atoms with Gasteiger partial charge in [0.1, 0.15) is 11.3 Å². The lowest BCUT2D eigenvalue weighted by molar-refractivity contribution is -0.384. The van der Waals surface area contributed by atoms with E-state index in [0.29, 0.717) is 11.1 Å². The van der Waals surface area contributed by atoms with E-state index in [9.17, 15) is 18.9 Å². The molecule has 0 unspecified atom stereocenters. The van der Waals surface area contributed by atoms with Gasteiger partial charge in [-0.25, -0.2) is 13.8 Å². The molecule has 0 atom stereocenters. The molecule has 0 radical (unpaired) electrons. The average Bonchev–Trinajstić information content (AvgIpc) is 2.87. The van der Waals surface area contributed by atoms with Crippen LogP contribution in [0, 0.1) is 21.7 Å². The Hall–Kier alpha value is -3.03. The zero-order chi connectivity index (χ0) is 15.1. The minimum Gasteiger partial charge on any atom is -0.398 e. The van der Waals surface area contributed by atoms with Crippen molar-refractivity contribution in [1.82, 2.24) is 9.97 Å². The zero-order valence-corrected chi connectivity index (χ0v) is 10.4. The maximum Gasteiger partial charge on any atom is 0.271 e. The van der Waals surface area contributed by atoms with Crippen LogP contribution in [0.3, 0.4) is 0 Å². The number of hydrogen-bond donors (Lipinski definition) is 2. The predicted octanol–water partition coefficient (Wildman–Crippen LogP) is 3.00. The molecule has 3 N–H and O–H groups in total. The van der Waals surface area contributed by atoms with Gasteiger partial charge >= 0.3 is 0 Å². The molecule has 0 bridgehead atoms. The first-order valence-corrected chi connectivity index (χ1v) is 5.85. The molecular formula is C13H8F2N4O2. The molecule has 1 heterocycles. The number of nitrogens with zero attached hydrogens (tertiary/aromatic N) is 2. The lowest BCUT2D eigenvalue weighted by Gasteiger charge is -2.01. The summed E-state index contributed by atoms with van der Waals surface area (Å²) in [4.78, 5) is 16.8. The Labute approximate surface area is 116 Å². The number of hydrogen-bond acceptors (Lipinski definition) is 4. The maximum absolute atomic E-state index is 13.6. The SMILES string of the molecule is Nc1cc([N+](=O)[O-])ccc1-c1nc2c(F)c(F)ccc2[nH]1. The number of fused-ring (bicyclic) bond motifs is 1. The minimum absolute atomic E-state index is 0.115. The first kappa shape index (κ1) is 13.0. The Morgan fingerprint density at radius 2 is 2.00 bits per heavy atom. The number of nitro benzene ring substituents is 1. The van der Waals surface area contributed by atoms with Gasteiger partial charge in [-0.05, 0) is 18.2 Å². The largest absolute Gasteiger partial charge is 0.398 e. The van der Waals surface area contributed by atoms with Gasteiger partial charge in [0, 0.05) is 23.4 Å². The van der Waals surface area contributed by atoms with Gasteiger partial charge in [0.25, 0.3) is 5.69 Å². The summed E-state index contributed by atoms with van der Waals surface area (Å²) in [6.07, 6.45) is 0. The average molecular weight is 290 g/mol. The van der Waals surface area contributed by atoms with Crippen molar-refractivity contribution in [2.75, 3.05) is 5.73 Å². The van der Waals surface area contributed by atoms with Gasteiger partial charge in [0.2, 0.25) is 0 Å². The molecular weight excluding hydrogens is 282 g/mol. The Morgan fingerprint density at radius 3 is 2.67 bits per heavy atom. The number of aromatic amines is 1. The summed E-state index contributed by atoms with van der Waals surface area (Å²) in [5, 5.41) is 10.7.